The van der Waals surface area contributed by atoms with Crippen molar-refractivity contribution >= 4 is 21.6 Å². The van der Waals surface area contributed by atoms with Gasteiger partial charge in [0.15, 0.2) is 0 Å². The minimum Gasteiger partial charge on any atom is -0.313 e. The van der Waals surface area contributed by atoms with Crippen LogP contribution in [-0.2, 0) is 15.8 Å². The summed E-state index contributed by atoms with van der Waals surface area (Å²) in [5.41, 5.74) is 0.583. The number of nitrogens with zero attached hydrogens (tertiary/aromatic N) is 3. The van der Waals surface area contributed by atoms with Crippen molar-refractivity contribution < 1.29 is 8.42 Å². The first-order valence-electron chi connectivity index (χ1n) is 6.85. The molecule has 118 valence electrons. The number of sulfonamides is 1. The van der Waals surface area contributed by atoms with Gasteiger partial charge in [0.1, 0.15) is 0 Å². The van der Waals surface area contributed by atoms with Gasteiger partial charge < -0.3 is 5.32 Å². The van der Waals surface area contributed by atoms with Crippen LogP contribution >= 0.6 is 11.6 Å². The molecule has 2 aromatic rings. The lowest BCUT2D eigenvalue weighted by Gasteiger charge is -2.20. The Morgan fingerprint density at radius 3 is 2.91 bits per heavy atom. The Morgan fingerprint density at radius 2 is 2.18 bits per heavy atom. The van der Waals surface area contributed by atoms with Crippen molar-refractivity contribution in [1.82, 2.24) is 25.0 Å². The predicted molar refractivity (Wildman–Crippen MR) is 82.9 cm³/mol. The zero-order chi connectivity index (χ0) is 15.6. The number of hydrogen-bond acceptors (Lipinski definition) is 5. The van der Waals surface area contributed by atoms with Crippen LogP contribution in [0.1, 0.15) is 11.6 Å². The fourth-order valence-electron chi connectivity index (χ4n) is 2.55. The smallest absolute Gasteiger partial charge is 0.216 e. The monoisotopic (exact) mass is 341 g/mol. The van der Waals surface area contributed by atoms with Crippen molar-refractivity contribution in [3.05, 3.63) is 47.2 Å². The SMILES string of the molecule is O=S(=O)(Cc1ccccc1Cl)N[C@@H]1CNC[C@@H]1n1ccnn1. The molecule has 1 aliphatic rings. The van der Waals surface area contributed by atoms with Gasteiger partial charge in [-0.2, -0.15) is 0 Å². The first kappa shape index (κ1) is 15.4. The Kier molecular flexibility index (Phi) is 4.44. The van der Waals surface area contributed by atoms with E-state index in [0.29, 0.717) is 23.7 Å². The molecule has 7 nitrogen and oxygen atoms in total. The molecule has 0 unspecified atom stereocenters. The highest BCUT2D eigenvalue weighted by Crippen LogP contribution is 2.19. The Hall–Kier alpha value is -1.48. The van der Waals surface area contributed by atoms with Crippen LogP contribution in [0, 0.1) is 0 Å². The van der Waals surface area contributed by atoms with Crippen molar-refractivity contribution in [2.24, 2.45) is 0 Å². The molecule has 0 spiro atoms. The first-order chi connectivity index (χ1) is 10.6. The summed E-state index contributed by atoms with van der Waals surface area (Å²) in [6.45, 7) is 1.19. The van der Waals surface area contributed by atoms with Crippen molar-refractivity contribution in [1.29, 1.82) is 0 Å². The second-order valence-electron chi connectivity index (χ2n) is 5.18. The number of halogens is 1. The molecule has 2 heterocycles. The summed E-state index contributed by atoms with van der Waals surface area (Å²) >= 11 is 6.03. The van der Waals surface area contributed by atoms with Gasteiger partial charge >= 0.3 is 0 Å². The van der Waals surface area contributed by atoms with Crippen LogP contribution in [0.15, 0.2) is 36.7 Å². The number of aromatic nitrogens is 3. The maximum absolute atomic E-state index is 12.4. The van der Waals surface area contributed by atoms with Gasteiger partial charge in [-0.25, -0.2) is 17.8 Å². The van der Waals surface area contributed by atoms with E-state index in [1.165, 1.54) is 0 Å². The first-order valence-corrected chi connectivity index (χ1v) is 8.88. The summed E-state index contributed by atoms with van der Waals surface area (Å²) < 4.78 is 29.2. The molecule has 3 rings (SSSR count). The van der Waals surface area contributed by atoms with Crippen LogP contribution in [0.2, 0.25) is 5.02 Å². The number of hydrogen-bond donors (Lipinski definition) is 2. The fourth-order valence-corrected chi connectivity index (χ4v) is 4.28. The number of rotatable bonds is 5. The van der Waals surface area contributed by atoms with Crippen LogP contribution in [0.4, 0.5) is 0 Å². The minimum absolute atomic E-state index is 0.0940. The van der Waals surface area contributed by atoms with E-state index in [-0.39, 0.29) is 17.8 Å². The minimum atomic E-state index is -3.50. The Labute approximate surface area is 133 Å². The third-order valence-electron chi connectivity index (χ3n) is 3.60. The molecule has 1 saturated heterocycles. The van der Waals surface area contributed by atoms with Gasteiger partial charge in [0.2, 0.25) is 10.0 Å². The van der Waals surface area contributed by atoms with Crippen LogP contribution in [0.3, 0.4) is 0 Å². The van der Waals surface area contributed by atoms with Gasteiger partial charge in [-0.05, 0) is 11.6 Å². The highest BCUT2D eigenvalue weighted by molar-refractivity contribution is 7.88. The molecule has 22 heavy (non-hydrogen) atoms. The molecule has 0 saturated carbocycles. The van der Waals surface area contributed by atoms with Gasteiger partial charge in [0.25, 0.3) is 0 Å². The number of nitrogens with one attached hydrogen (secondary N) is 2. The molecule has 2 N–H and O–H groups in total. The summed E-state index contributed by atoms with van der Waals surface area (Å²) in [6.07, 6.45) is 3.31. The van der Waals surface area contributed by atoms with Crippen LogP contribution in [0.5, 0.6) is 0 Å². The lowest BCUT2D eigenvalue weighted by atomic mass is 10.2. The molecule has 0 bridgehead atoms. The lowest BCUT2D eigenvalue weighted by Crippen LogP contribution is -2.41. The van der Waals surface area contributed by atoms with Crippen molar-refractivity contribution in [3.63, 3.8) is 0 Å². The molecule has 0 aliphatic carbocycles. The third kappa shape index (κ3) is 3.46. The highest BCUT2D eigenvalue weighted by Gasteiger charge is 2.32. The molecule has 1 fully saturated rings. The summed E-state index contributed by atoms with van der Waals surface area (Å²) in [6, 6.07) is 6.57. The molecule has 1 aliphatic heterocycles. The fraction of sp³-hybridized carbons (Fsp3) is 0.385. The zero-order valence-electron chi connectivity index (χ0n) is 11.7. The molecular weight excluding hydrogens is 326 g/mol. The molecule has 1 aromatic heterocycles. The van der Waals surface area contributed by atoms with Gasteiger partial charge in [0, 0.05) is 24.3 Å². The quantitative estimate of drug-likeness (QED) is 0.829. The average molecular weight is 342 g/mol. The molecule has 0 amide bonds. The summed E-state index contributed by atoms with van der Waals surface area (Å²) in [4.78, 5) is 0. The summed E-state index contributed by atoms with van der Waals surface area (Å²) in [5, 5.41) is 11.3. The van der Waals surface area contributed by atoms with E-state index in [1.807, 2.05) is 0 Å². The Bertz CT molecular complexity index is 735. The molecule has 1 aromatic carbocycles. The van der Waals surface area contributed by atoms with E-state index in [4.69, 9.17) is 11.6 Å². The van der Waals surface area contributed by atoms with E-state index in [2.05, 4.69) is 20.4 Å². The molecule has 9 heteroatoms. The van der Waals surface area contributed by atoms with Gasteiger partial charge in [-0.15, -0.1) is 5.10 Å². The third-order valence-corrected chi connectivity index (χ3v) is 5.32. The summed E-state index contributed by atoms with van der Waals surface area (Å²) in [7, 11) is -3.50. The number of benzene rings is 1. The zero-order valence-corrected chi connectivity index (χ0v) is 13.3. The van der Waals surface area contributed by atoms with Crippen molar-refractivity contribution in [3.8, 4) is 0 Å². The topological polar surface area (TPSA) is 88.9 Å². The van der Waals surface area contributed by atoms with Gasteiger partial charge in [-0.3, -0.25) is 0 Å². The summed E-state index contributed by atoms with van der Waals surface area (Å²) in [5.74, 6) is -0.146. The van der Waals surface area contributed by atoms with Crippen LogP contribution in [0.25, 0.3) is 0 Å². The van der Waals surface area contributed by atoms with E-state index < -0.39 is 10.0 Å². The van der Waals surface area contributed by atoms with E-state index in [9.17, 15) is 8.42 Å². The van der Waals surface area contributed by atoms with E-state index in [1.54, 1.807) is 41.3 Å². The van der Waals surface area contributed by atoms with Crippen molar-refractivity contribution in [2.75, 3.05) is 13.1 Å². The van der Waals surface area contributed by atoms with E-state index >= 15 is 0 Å². The maximum atomic E-state index is 12.4. The van der Waals surface area contributed by atoms with Crippen LogP contribution in [-0.4, -0.2) is 42.5 Å². The van der Waals surface area contributed by atoms with Gasteiger partial charge in [0.05, 0.1) is 24.0 Å². The average Bonchev–Trinajstić information content (AvgIpc) is 3.11. The maximum Gasteiger partial charge on any atom is 0.216 e. The lowest BCUT2D eigenvalue weighted by molar-refractivity contribution is 0.413. The standard InChI is InChI=1S/C13H16ClN5O2S/c14-11-4-2-1-3-10(11)9-22(20,21)17-12-7-15-8-13(12)19-6-5-16-18-19/h1-6,12-13,15,17H,7-9H2/t12-,13+/m1/s1. The molecule has 0 radical (unpaired) electrons. The molecular formula is C13H16ClN5O2S. The normalized spacial score (nSPS) is 22.0. The Morgan fingerprint density at radius 1 is 1.36 bits per heavy atom. The predicted octanol–water partition coefficient (Wildman–Crippen LogP) is 0.564. The second-order valence-corrected chi connectivity index (χ2v) is 7.34. The second kappa shape index (κ2) is 6.33. The van der Waals surface area contributed by atoms with E-state index in [0.717, 1.165) is 0 Å². The van der Waals surface area contributed by atoms with Crippen molar-refractivity contribution in [2.45, 2.75) is 17.8 Å². The highest BCUT2D eigenvalue weighted by atomic mass is 35.5. The molecule has 2 atom stereocenters. The Balaban J connectivity index is 1.72. The largest absolute Gasteiger partial charge is 0.313 e. The van der Waals surface area contributed by atoms with Crippen LogP contribution < -0.4 is 10.0 Å². The van der Waals surface area contributed by atoms with Gasteiger partial charge in [-0.1, -0.05) is 35.0 Å².